The van der Waals surface area contributed by atoms with E-state index < -0.39 is 11.4 Å². The first-order chi connectivity index (χ1) is 8.08. The van der Waals surface area contributed by atoms with Gasteiger partial charge in [0, 0.05) is 12.5 Å². The predicted molar refractivity (Wildman–Crippen MR) is 61.3 cm³/mol. The third-order valence-corrected chi connectivity index (χ3v) is 5.01. The van der Waals surface area contributed by atoms with E-state index in [1.54, 1.807) is 0 Å². The van der Waals surface area contributed by atoms with Crippen molar-refractivity contribution < 1.29 is 14.7 Å². The number of carboxylic acid groups (broad SMARTS) is 1. The fourth-order valence-corrected chi connectivity index (χ4v) is 3.35. The maximum atomic E-state index is 12.0. The van der Waals surface area contributed by atoms with E-state index in [2.05, 4.69) is 5.32 Å². The van der Waals surface area contributed by atoms with Crippen LogP contribution in [0.15, 0.2) is 0 Å². The van der Waals surface area contributed by atoms with E-state index in [0.717, 1.165) is 6.42 Å². The number of carbonyl (C=O) groups is 2. The summed E-state index contributed by atoms with van der Waals surface area (Å²) in [5, 5.41) is 11.9. The molecule has 1 unspecified atom stereocenters. The van der Waals surface area contributed by atoms with Gasteiger partial charge in [-0.2, -0.15) is 0 Å². The normalized spacial score (nSPS) is 31.2. The maximum Gasteiger partial charge on any atom is 0.311 e. The van der Waals surface area contributed by atoms with Crippen LogP contribution in [0.1, 0.15) is 44.9 Å². The fraction of sp³-hybridized carbons (Fsp3) is 0.846. The van der Waals surface area contributed by atoms with Gasteiger partial charge in [0.25, 0.3) is 0 Å². The van der Waals surface area contributed by atoms with Crippen molar-refractivity contribution in [2.75, 3.05) is 6.54 Å². The lowest BCUT2D eigenvalue weighted by Crippen LogP contribution is -2.35. The van der Waals surface area contributed by atoms with Crippen LogP contribution in [0.4, 0.5) is 0 Å². The Bertz CT molecular complexity index is 367. The summed E-state index contributed by atoms with van der Waals surface area (Å²) in [6, 6.07) is 0. The Morgan fingerprint density at radius 3 is 2.35 bits per heavy atom. The number of hydrogen-bond acceptors (Lipinski definition) is 2. The Kier molecular flexibility index (Phi) is 2.25. The molecule has 17 heavy (non-hydrogen) atoms. The third kappa shape index (κ3) is 1.74. The molecule has 0 saturated heterocycles. The zero-order valence-electron chi connectivity index (χ0n) is 10.00. The largest absolute Gasteiger partial charge is 0.481 e. The van der Waals surface area contributed by atoms with Gasteiger partial charge < -0.3 is 10.4 Å². The lowest BCUT2D eigenvalue weighted by atomic mass is 10.0. The molecule has 0 aliphatic heterocycles. The lowest BCUT2D eigenvalue weighted by molar-refractivity contribution is -0.143. The Balaban J connectivity index is 1.51. The standard InChI is InChI=1S/C13H19NO3/c15-10(9-7-12(9)3-1-2-4-12)14-8-13(5-6-13)11(16)17/h9H,1-8H2,(H,14,15)(H,16,17). The molecule has 4 heteroatoms. The molecule has 2 N–H and O–H groups in total. The lowest BCUT2D eigenvalue weighted by Gasteiger charge is -2.12. The Morgan fingerprint density at radius 1 is 1.18 bits per heavy atom. The van der Waals surface area contributed by atoms with Gasteiger partial charge in [0.15, 0.2) is 0 Å². The monoisotopic (exact) mass is 237 g/mol. The molecule has 3 aliphatic carbocycles. The van der Waals surface area contributed by atoms with Crippen molar-refractivity contribution in [3.05, 3.63) is 0 Å². The van der Waals surface area contributed by atoms with Crippen LogP contribution in [-0.2, 0) is 9.59 Å². The average molecular weight is 237 g/mol. The molecular weight excluding hydrogens is 218 g/mol. The van der Waals surface area contributed by atoms with Gasteiger partial charge >= 0.3 is 5.97 Å². The van der Waals surface area contributed by atoms with E-state index in [0.29, 0.717) is 24.8 Å². The van der Waals surface area contributed by atoms with Gasteiger partial charge in [-0.25, -0.2) is 0 Å². The summed E-state index contributed by atoms with van der Waals surface area (Å²) in [5.74, 6) is -0.488. The average Bonchev–Trinajstić information content (AvgIpc) is 3.14. The van der Waals surface area contributed by atoms with E-state index in [-0.39, 0.29) is 11.8 Å². The number of aliphatic carboxylic acids is 1. The van der Waals surface area contributed by atoms with E-state index >= 15 is 0 Å². The minimum Gasteiger partial charge on any atom is -0.481 e. The molecule has 1 amide bonds. The number of carboxylic acids is 1. The summed E-state index contributed by atoms with van der Waals surface area (Å²) in [7, 11) is 0. The second-order valence-electron chi connectivity index (χ2n) is 6.13. The third-order valence-electron chi connectivity index (χ3n) is 5.01. The van der Waals surface area contributed by atoms with Crippen molar-refractivity contribution in [2.24, 2.45) is 16.7 Å². The van der Waals surface area contributed by atoms with E-state index in [1.807, 2.05) is 0 Å². The van der Waals surface area contributed by atoms with Crippen molar-refractivity contribution in [1.82, 2.24) is 5.32 Å². The van der Waals surface area contributed by atoms with E-state index in [1.165, 1.54) is 25.7 Å². The summed E-state index contributed by atoms with van der Waals surface area (Å²) in [5.41, 5.74) is -0.322. The minimum absolute atomic E-state index is 0.0967. The van der Waals surface area contributed by atoms with Gasteiger partial charge in [0.2, 0.25) is 5.91 Å². The van der Waals surface area contributed by atoms with Crippen LogP contribution >= 0.6 is 0 Å². The molecule has 4 nitrogen and oxygen atoms in total. The highest BCUT2D eigenvalue weighted by Crippen LogP contribution is 2.62. The maximum absolute atomic E-state index is 12.0. The SMILES string of the molecule is O=C(NCC1(C(=O)O)CC1)C1CC12CCCC2. The molecule has 1 spiro atoms. The van der Waals surface area contributed by atoms with E-state index in [4.69, 9.17) is 5.11 Å². The van der Waals surface area contributed by atoms with Gasteiger partial charge in [0.1, 0.15) is 0 Å². The highest BCUT2D eigenvalue weighted by molar-refractivity contribution is 5.84. The van der Waals surface area contributed by atoms with Crippen LogP contribution < -0.4 is 5.32 Å². The predicted octanol–water partition coefficient (Wildman–Crippen LogP) is 1.55. The summed E-state index contributed by atoms with van der Waals surface area (Å²) in [6.07, 6.45) is 7.33. The van der Waals surface area contributed by atoms with Crippen molar-refractivity contribution in [3.63, 3.8) is 0 Å². The highest BCUT2D eigenvalue weighted by Gasteiger charge is 2.59. The number of nitrogens with one attached hydrogen (secondary N) is 1. The molecule has 0 aromatic carbocycles. The molecule has 0 bridgehead atoms. The van der Waals surface area contributed by atoms with Crippen molar-refractivity contribution in [2.45, 2.75) is 44.9 Å². The second-order valence-corrected chi connectivity index (χ2v) is 6.13. The molecule has 0 aromatic rings. The Labute approximate surface area is 101 Å². The van der Waals surface area contributed by atoms with Crippen LogP contribution in [-0.4, -0.2) is 23.5 Å². The molecule has 0 radical (unpaired) electrons. The van der Waals surface area contributed by atoms with Gasteiger partial charge in [-0.1, -0.05) is 12.8 Å². The first-order valence-corrected chi connectivity index (χ1v) is 6.59. The number of hydrogen-bond donors (Lipinski definition) is 2. The van der Waals surface area contributed by atoms with Crippen molar-refractivity contribution >= 4 is 11.9 Å². The first kappa shape index (κ1) is 11.1. The Hall–Kier alpha value is -1.06. The molecule has 0 heterocycles. The molecule has 0 aromatic heterocycles. The van der Waals surface area contributed by atoms with Crippen LogP contribution in [0.3, 0.4) is 0 Å². The first-order valence-electron chi connectivity index (χ1n) is 6.59. The fourth-order valence-electron chi connectivity index (χ4n) is 3.35. The summed E-state index contributed by atoms with van der Waals surface area (Å²) in [6.45, 7) is 0.327. The van der Waals surface area contributed by atoms with Gasteiger partial charge in [0.05, 0.1) is 5.41 Å². The van der Waals surface area contributed by atoms with Crippen molar-refractivity contribution in [1.29, 1.82) is 0 Å². The molecule has 3 aliphatic rings. The number of amides is 1. The van der Waals surface area contributed by atoms with Gasteiger partial charge in [-0.05, 0) is 37.5 Å². The molecular formula is C13H19NO3. The van der Waals surface area contributed by atoms with Crippen LogP contribution in [0.5, 0.6) is 0 Å². The highest BCUT2D eigenvalue weighted by atomic mass is 16.4. The van der Waals surface area contributed by atoms with Crippen LogP contribution in [0.2, 0.25) is 0 Å². The molecule has 3 saturated carbocycles. The van der Waals surface area contributed by atoms with Crippen molar-refractivity contribution in [3.8, 4) is 0 Å². The topological polar surface area (TPSA) is 66.4 Å². The summed E-state index contributed by atoms with van der Waals surface area (Å²) < 4.78 is 0. The number of carbonyl (C=O) groups excluding carboxylic acids is 1. The quantitative estimate of drug-likeness (QED) is 0.779. The molecule has 3 fully saturated rings. The smallest absolute Gasteiger partial charge is 0.311 e. The van der Waals surface area contributed by atoms with Gasteiger partial charge in [-0.3, -0.25) is 9.59 Å². The van der Waals surface area contributed by atoms with Gasteiger partial charge in [-0.15, -0.1) is 0 Å². The Morgan fingerprint density at radius 2 is 1.82 bits per heavy atom. The molecule has 1 atom stereocenters. The second kappa shape index (κ2) is 3.47. The molecule has 3 rings (SSSR count). The summed E-state index contributed by atoms with van der Waals surface area (Å²) >= 11 is 0. The van der Waals surface area contributed by atoms with E-state index in [9.17, 15) is 9.59 Å². The van der Waals surface area contributed by atoms with Crippen LogP contribution in [0.25, 0.3) is 0 Å². The zero-order valence-corrected chi connectivity index (χ0v) is 10.00. The molecule has 94 valence electrons. The minimum atomic E-state index is -0.760. The zero-order chi connectivity index (χ0) is 12.1. The van der Waals surface area contributed by atoms with Crippen LogP contribution in [0, 0.1) is 16.7 Å². The number of rotatable bonds is 4. The summed E-state index contributed by atoms with van der Waals surface area (Å²) in [4.78, 5) is 22.9.